The summed E-state index contributed by atoms with van der Waals surface area (Å²) in [7, 11) is 0. The molecular weight excluding hydrogens is 443 g/mol. The topological polar surface area (TPSA) is 42.7 Å². The summed E-state index contributed by atoms with van der Waals surface area (Å²) in [5.41, 5.74) is 4.43. The summed E-state index contributed by atoms with van der Waals surface area (Å²) >= 11 is 3.49. The summed E-state index contributed by atoms with van der Waals surface area (Å²) < 4.78 is 16.8. The molecule has 0 saturated heterocycles. The summed E-state index contributed by atoms with van der Waals surface area (Å²) in [5.74, 6) is 0.321. The Balaban J connectivity index is 1.74. The molecule has 3 aromatic carbocycles. The van der Waals surface area contributed by atoms with Crippen molar-refractivity contribution in [3.05, 3.63) is 102 Å². The maximum atomic E-state index is 13.7. The van der Waals surface area contributed by atoms with Gasteiger partial charge in [-0.2, -0.15) is 0 Å². The summed E-state index contributed by atoms with van der Waals surface area (Å²) in [6, 6.07) is 24.5. The summed E-state index contributed by atoms with van der Waals surface area (Å²) in [5, 5.41) is 4.13. The number of fused-ring (bicyclic) bond motifs is 1. The maximum absolute atomic E-state index is 13.7. The van der Waals surface area contributed by atoms with Gasteiger partial charge in [0, 0.05) is 27.6 Å². The lowest BCUT2D eigenvalue weighted by Gasteiger charge is -2.09. The third kappa shape index (κ3) is 3.46. The summed E-state index contributed by atoms with van der Waals surface area (Å²) in [4.78, 5) is 9.05. The van der Waals surface area contributed by atoms with E-state index in [0.717, 1.165) is 32.3 Å². The largest absolute Gasteiger partial charge is 0.339 e. The van der Waals surface area contributed by atoms with Gasteiger partial charge in [0.05, 0.1) is 5.39 Å². The van der Waals surface area contributed by atoms with Gasteiger partial charge in [0.15, 0.2) is 5.65 Å². The van der Waals surface area contributed by atoms with Gasteiger partial charge >= 0.3 is 0 Å². The number of hydrogen-bond donors (Lipinski definition) is 1. The summed E-state index contributed by atoms with van der Waals surface area (Å²) in [6.07, 6.45) is 3.59. The number of halogens is 2. The number of anilines is 2. The average Bonchev–Trinajstić information content (AvgIpc) is 3.16. The third-order valence-corrected chi connectivity index (χ3v) is 5.39. The monoisotopic (exact) mass is 458 g/mol. The molecular formula is C24H16BrFN4. The molecule has 146 valence electrons. The first-order valence-corrected chi connectivity index (χ1v) is 10.2. The number of hydrogen-bond acceptors (Lipinski definition) is 3. The lowest BCUT2D eigenvalue weighted by Crippen LogP contribution is -1.98. The maximum Gasteiger partial charge on any atom is 0.150 e. The molecule has 5 aromatic rings. The normalized spacial score (nSPS) is 11.0. The van der Waals surface area contributed by atoms with Crippen LogP contribution in [0.25, 0.3) is 27.8 Å². The average molecular weight is 459 g/mol. The minimum Gasteiger partial charge on any atom is -0.339 e. The first kappa shape index (κ1) is 18.5. The van der Waals surface area contributed by atoms with Gasteiger partial charge in [0.2, 0.25) is 0 Å². The van der Waals surface area contributed by atoms with Crippen molar-refractivity contribution in [3.8, 4) is 16.8 Å². The van der Waals surface area contributed by atoms with Gasteiger partial charge in [-0.15, -0.1) is 0 Å². The van der Waals surface area contributed by atoms with Crippen LogP contribution in [-0.2, 0) is 0 Å². The Morgan fingerprint density at radius 2 is 1.67 bits per heavy atom. The fourth-order valence-corrected chi connectivity index (χ4v) is 3.76. The molecule has 0 amide bonds. The second kappa shape index (κ2) is 7.72. The van der Waals surface area contributed by atoms with Crippen molar-refractivity contribution in [2.75, 3.05) is 5.32 Å². The Hall–Kier alpha value is -3.51. The van der Waals surface area contributed by atoms with E-state index >= 15 is 0 Å². The van der Waals surface area contributed by atoms with Crippen LogP contribution in [-0.4, -0.2) is 14.5 Å². The Morgan fingerprint density at radius 1 is 0.867 bits per heavy atom. The van der Waals surface area contributed by atoms with Crippen molar-refractivity contribution >= 4 is 38.5 Å². The first-order chi connectivity index (χ1) is 14.7. The highest BCUT2D eigenvalue weighted by Gasteiger charge is 2.17. The van der Waals surface area contributed by atoms with Crippen molar-refractivity contribution in [1.29, 1.82) is 0 Å². The Morgan fingerprint density at radius 3 is 2.43 bits per heavy atom. The van der Waals surface area contributed by atoms with Crippen LogP contribution in [0.1, 0.15) is 0 Å². The van der Waals surface area contributed by atoms with Gasteiger partial charge in [-0.1, -0.05) is 52.3 Å². The van der Waals surface area contributed by atoms with Crippen LogP contribution in [0.3, 0.4) is 0 Å². The van der Waals surface area contributed by atoms with Crippen LogP contribution in [0.15, 0.2) is 95.9 Å². The van der Waals surface area contributed by atoms with Crippen molar-refractivity contribution in [2.24, 2.45) is 0 Å². The second-order valence-corrected chi connectivity index (χ2v) is 7.73. The number of rotatable bonds is 4. The van der Waals surface area contributed by atoms with E-state index in [9.17, 15) is 4.39 Å². The van der Waals surface area contributed by atoms with E-state index in [0.29, 0.717) is 11.5 Å². The molecule has 6 heteroatoms. The van der Waals surface area contributed by atoms with E-state index in [2.05, 4.69) is 49.5 Å². The fourth-order valence-electron chi connectivity index (χ4n) is 3.49. The van der Waals surface area contributed by atoms with Crippen LogP contribution in [0, 0.1) is 5.82 Å². The van der Waals surface area contributed by atoms with Gasteiger partial charge in [-0.05, 0) is 48.0 Å². The van der Waals surface area contributed by atoms with E-state index in [-0.39, 0.29) is 5.82 Å². The smallest absolute Gasteiger partial charge is 0.150 e. The van der Waals surface area contributed by atoms with Crippen molar-refractivity contribution < 1.29 is 4.39 Å². The molecule has 1 N–H and O–H groups in total. The molecule has 2 heterocycles. The minimum atomic E-state index is -0.305. The van der Waals surface area contributed by atoms with Crippen molar-refractivity contribution in [2.45, 2.75) is 0 Å². The first-order valence-electron chi connectivity index (χ1n) is 9.39. The predicted octanol–water partition coefficient (Wildman–Crippen LogP) is 6.73. The quantitative estimate of drug-likeness (QED) is 0.324. The zero-order chi connectivity index (χ0) is 20.5. The highest BCUT2D eigenvalue weighted by Crippen LogP contribution is 2.36. The van der Waals surface area contributed by atoms with E-state index in [1.807, 2.05) is 53.1 Å². The molecule has 30 heavy (non-hydrogen) atoms. The molecule has 0 aliphatic carbocycles. The zero-order valence-corrected chi connectivity index (χ0v) is 17.3. The Kier molecular flexibility index (Phi) is 4.77. The molecule has 5 rings (SSSR count). The highest BCUT2D eigenvalue weighted by atomic mass is 79.9. The molecule has 0 aliphatic rings. The molecule has 0 spiro atoms. The van der Waals surface area contributed by atoms with Gasteiger partial charge in [0.25, 0.3) is 0 Å². The number of benzene rings is 3. The molecule has 0 radical (unpaired) electrons. The van der Waals surface area contributed by atoms with Crippen LogP contribution in [0.2, 0.25) is 0 Å². The van der Waals surface area contributed by atoms with Crippen molar-refractivity contribution in [3.63, 3.8) is 0 Å². The molecule has 0 bridgehead atoms. The van der Waals surface area contributed by atoms with Gasteiger partial charge in [-0.3, -0.25) is 0 Å². The van der Waals surface area contributed by atoms with E-state index in [4.69, 9.17) is 0 Å². The van der Waals surface area contributed by atoms with Crippen LogP contribution in [0.4, 0.5) is 15.9 Å². The zero-order valence-electron chi connectivity index (χ0n) is 15.8. The second-order valence-electron chi connectivity index (χ2n) is 6.81. The van der Waals surface area contributed by atoms with Crippen LogP contribution in [0.5, 0.6) is 0 Å². The Bertz CT molecular complexity index is 1330. The minimum absolute atomic E-state index is 0.305. The third-order valence-electron chi connectivity index (χ3n) is 4.86. The number of aromatic nitrogens is 3. The van der Waals surface area contributed by atoms with Crippen molar-refractivity contribution in [1.82, 2.24) is 14.5 Å². The standard InChI is InChI=1S/C24H16BrFN4/c25-17-9-11-20(12-10-17)30-14-21(16-5-2-1-3-6-16)22-23(27-15-28-24(22)30)29-19-8-4-7-18(26)13-19/h1-15H,(H,27,28,29). The van der Waals surface area contributed by atoms with Gasteiger partial charge < -0.3 is 9.88 Å². The molecule has 0 atom stereocenters. The molecule has 0 aliphatic heterocycles. The summed E-state index contributed by atoms with van der Waals surface area (Å²) in [6.45, 7) is 0. The molecule has 0 fully saturated rings. The van der Waals surface area contributed by atoms with Gasteiger partial charge in [0.1, 0.15) is 18.0 Å². The Labute approximate surface area is 181 Å². The van der Waals surface area contributed by atoms with E-state index in [1.165, 1.54) is 18.5 Å². The molecule has 2 aromatic heterocycles. The van der Waals surface area contributed by atoms with E-state index in [1.54, 1.807) is 6.07 Å². The lowest BCUT2D eigenvalue weighted by atomic mass is 10.1. The fraction of sp³-hybridized carbons (Fsp3) is 0. The molecule has 0 saturated carbocycles. The van der Waals surface area contributed by atoms with Crippen LogP contribution < -0.4 is 5.32 Å². The van der Waals surface area contributed by atoms with E-state index < -0.39 is 0 Å². The SMILES string of the molecule is Fc1cccc(Nc2ncnc3c2c(-c2ccccc2)cn3-c2ccc(Br)cc2)c1. The molecule has 0 unspecified atom stereocenters. The predicted molar refractivity (Wildman–Crippen MR) is 122 cm³/mol. The number of nitrogens with one attached hydrogen (secondary N) is 1. The van der Waals surface area contributed by atoms with Crippen LogP contribution >= 0.6 is 15.9 Å². The molecule has 4 nitrogen and oxygen atoms in total. The highest BCUT2D eigenvalue weighted by molar-refractivity contribution is 9.10. The number of nitrogens with zero attached hydrogens (tertiary/aromatic N) is 3. The lowest BCUT2D eigenvalue weighted by molar-refractivity contribution is 0.628. The van der Waals surface area contributed by atoms with Gasteiger partial charge in [-0.25, -0.2) is 14.4 Å².